The lowest BCUT2D eigenvalue weighted by Crippen LogP contribution is -2.61. The Morgan fingerprint density at radius 3 is 2.08 bits per heavy atom. The van der Waals surface area contributed by atoms with E-state index in [9.17, 15) is 35.9 Å². The summed E-state index contributed by atoms with van der Waals surface area (Å²) in [6.45, 7) is 3.87. The molecule has 1 aromatic carbocycles. The number of amides is 1. The van der Waals surface area contributed by atoms with E-state index in [2.05, 4.69) is 9.64 Å². The number of carboxylic acid groups (broad SMARTS) is 1. The number of rotatable bonds is 6. The van der Waals surface area contributed by atoms with Crippen LogP contribution in [0.25, 0.3) is 0 Å². The lowest BCUT2D eigenvalue weighted by Gasteiger charge is -2.54. The Labute approximate surface area is 226 Å². The van der Waals surface area contributed by atoms with Gasteiger partial charge < -0.3 is 19.6 Å². The van der Waals surface area contributed by atoms with Crippen LogP contribution in [0, 0.1) is 5.41 Å². The minimum atomic E-state index is -5.76. The topological polar surface area (TPSA) is 76.6 Å². The van der Waals surface area contributed by atoms with Crippen molar-refractivity contribution >= 4 is 29.4 Å². The van der Waals surface area contributed by atoms with Gasteiger partial charge in [0.2, 0.25) is 0 Å². The van der Waals surface area contributed by atoms with Crippen molar-refractivity contribution in [3.63, 3.8) is 0 Å². The van der Waals surface area contributed by atoms with Crippen LogP contribution in [0.4, 0.5) is 36.8 Å². The van der Waals surface area contributed by atoms with Crippen LogP contribution in [0.15, 0.2) is 18.2 Å². The zero-order valence-electron chi connectivity index (χ0n) is 20.9. The number of benzene rings is 1. The molecular formula is C24H29ClF6N4O4. The first-order valence-electron chi connectivity index (χ1n) is 12.4. The number of halogens is 7. The lowest BCUT2D eigenvalue weighted by molar-refractivity contribution is -0.308. The van der Waals surface area contributed by atoms with E-state index in [4.69, 9.17) is 16.7 Å². The monoisotopic (exact) mass is 586 g/mol. The number of anilines is 1. The number of piperidine rings is 1. The molecule has 1 amide bonds. The maximum absolute atomic E-state index is 12.7. The van der Waals surface area contributed by atoms with Crippen molar-refractivity contribution in [2.75, 3.05) is 63.8 Å². The van der Waals surface area contributed by atoms with Gasteiger partial charge in [-0.2, -0.15) is 26.3 Å². The predicted molar refractivity (Wildman–Crippen MR) is 129 cm³/mol. The van der Waals surface area contributed by atoms with Gasteiger partial charge in [0.05, 0.1) is 6.54 Å². The average Bonchev–Trinajstić information content (AvgIpc) is 2.82. The first-order valence-corrected chi connectivity index (χ1v) is 12.8. The molecule has 1 aromatic rings. The first-order chi connectivity index (χ1) is 18.1. The Morgan fingerprint density at radius 2 is 1.54 bits per heavy atom. The highest BCUT2D eigenvalue weighted by atomic mass is 35.5. The molecule has 3 fully saturated rings. The van der Waals surface area contributed by atoms with E-state index in [1.807, 2.05) is 21.9 Å². The van der Waals surface area contributed by atoms with E-state index in [-0.39, 0.29) is 38.1 Å². The molecule has 0 unspecified atom stereocenters. The van der Waals surface area contributed by atoms with E-state index in [1.165, 1.54) is 0 Å². The second kappa shape index (κ2) is 11.2. The third-order valence-corrected chi connectivity index (χ3v) is 7.76. The summed E-state index contributed by atoms with van der Waals surface area (Å²) in [6, 6.07) is 5.51. The molecule has 3 aliphatic rings. The SMILES string of the molecule is O=C(O)CN1CC2(CCN(c3cc(Cl)ccc3CN3CCN(C(=O)OC(C(F)(F)F)C(F)(F)F)CC3)CC2)C1. The van der Waals surface area contributed by atoms with Gasteiger partial charge in [-0.05, 0) is 36.0 Å². The minimum absolute atomic E-state index is 0.0418. The molecule has 3 heterocycles. The van der Waals surface area contributed by atoms with Gasteiger partial charge in [0.15, 0.2) is 0 Å². The molecular weight excluding hydrogens is 558 g/mol. The van der Waals surface area contributed by atoms with Crippen LogP contribution in [-0.2, 0) is 16.1 Å². The molecule has 3 aliphatic heterocycles. The third-order valence-electron chi connectivity index (χ3n) is 7.53. The quantitative estimate of drug-likeness (QED) is 0.504. The van der Waals surface area contributed by atoms with Crippen LogP contribution in [0.1, 0.15) is 18.4 Å². The van der Waals surface area contributed by atoms with E-state index >= 15 is 0 Å². The molecule has 39 heavy (non-hydrogen) atoms. The highest BCUT2D eigenvalue weighted by Gasteiger charge is 2.60. The summed E-state index contributed by atoms with van der Waals surface area (Å²) in [6.07, 6.45) is -15.5. The number of ether oxygens (including phenoxy) is 1. The summed E-state index contributed by atoms with van der Waals surface area (Å²) in [7, 11) is 0. The van der Waals surface area contributed by atoms with E-state index < -0.39 is 30.5 Å². The maximum Gasteiger partial charge on any atom is 0.434 e. The number of alkyl halides is 6. The number of hydrogen-bond acceptors (Lipinski definition) is 6. The van der Waals surface area contributed by atoms with Crippen LogP contribution in [0.2, 0.25) is 5.02 Å². The van der Waals surface area contributed by atoms with Gasteiger partial charge in [0.25, 0.3) is 6.10 Å². The summed E-state index contributed by atoms with van der Waals surface area (Å²) < 4.78 is 80.2. The van der Waals surface area contributed by atoms with Crippen LogP contribution >= 0.6 is 11.6 Å². The fraction of sp³-hybridized carbons (Fsp3) is 0.667. The normalized spacial score (nSPS) is 20.8. The Balaban J connectivity index is 1.32. The van der Waals surface area contributed by atoms with Gasteiger partial charge in [-0.25, -0.2) is 4.79 Å². The van der Waals surface area contributed by atoms with Crippen molar-refractivity contribution < 1.29 is 45.8 Å². The molecule has 0 aromatic heterocycles. The molecule has 218 valence electrons. The Hall–Kier alpha value is -2.45. The van der Waals surface area contributed by atoms with Crippen molar-refractivity contribution in [2.45, 2.75) is 37.8 Å². The average molecular weight is 587 g/mol. The maximum atomic E-state index is 12.7. The number of aliphatic carboxylic acids is 1. The summed E-state index contributed by atoms with van der Waals surface area (Å²) in [4.78, 5) is 29.9. The smallest absolute Gasteiger partial charge is 0.434 e. The van der Waals surface area contributed by atoms with E-state index in [0.29, 0.717) is 11.6 Å². The molecule has 15 heteroatoms. The predicted octanol–water partition coefficient (Wildman–Crippen LogP) is 4.07. The van der Waals surface area contributed by atoms with Crippen molar-refractivity contribution in [3.05, 3.63) is 28.8 Å². The Morgan fingerprint density at radius 1 is 0.949 bits per heavy atom. The molecule has 8 nitrogen and oxygen atoms in total. The Bertz CT molecular complexity index is 1030. The fourth-order valence-electron chi connectivity index (χ4n) is 5.53. The van der Waals surface area contributed by atoms with Crippen molar-refractivity contribution in [1.82, 2.24) is 14.7 Å². The highest BCUT2D eigenvalue weighted by Crippen LogP contribution is 2.42. The molecule has 0 bridgehead atoms. The third kappa shape index (κ3) is 7.20. The first kappa shape index (κ1) is 29.5. The Kier molecular flexibility index (Phi) is 8.48. The van der Waals surface area contributed by atoms with Crippen molar-refractivity contribution in [1.29, 1.82) is 0 Å². The van der Waals surface area contributed by atoms with Gasteiger partial charge in [0, 0.05) is 69.6 Å². The highest BCUT2D eigenvalue weighted by molar-refractivity contribution is 6.30. The van der Waals surface area contributed by atoms with Crippen molar-refractivity contribution in [3.8, 4) is 0 Å². The number of carbonyl (C=O) groups is 2. The second-order valence-corrected chi connectivity index (χ2v) is 10.8. The summed E-state index contributed by atoms with van der Waals surface area (Å²) >= 11 is 6.28. The molecule has 0 radical (unpaired) electrons. The van der Waals surface area contributed by atoms with Gasteiger partial charge in [-0.3, -0.25) is 14.6 Å². The zero-order valence-corrected chi connectivity index (χ0v) is 21.7. The summed E-state index contributed by atoms with van der Waals surface area (Å²) in [5, 5.41) is 9.54. The summed E-state index contributed by atoms with van der Waals surface area (Å²) in [5.41, 5.74) is 2.02. The zero-order chi connectivity index (χ0) is 28.6. The molecule has 0 aliphatic carbocycles. The number of carbonyl (C=O) groups excluding carboxylic acids is 1. The number of hydrogen-bond donors (Lipinski definition) is 1. The molecule has 0 saturated carbocycles. The molecule has 0 atom stereocenters. The number of likely N-dealkylation sites (tertiary alicyclic amines) is 1. The lowest BCUT2D eigenvalue weighted by atomic mass is 9.72. The van der Waals surface area contributed by atoms with Crippen LogP contribution in [0.3, 0.4) is 0 Å². The molecule has 1 spiro atoms. The van der Waals surface area contributed by atoms with Gasteiger partial charge in [-0.1, -0.05) is 17.7 Å². The minimum Gasteiger partial charge on any atom is -0.480 e. The second-order valence-electron chi connectivity index (χ2n) is 10.4. The molecule has 3 saturated heterocycles. The van der Waals surface area contributed by atoms with Crippen LogP contribution < -0.4 is 4.90 Å². The van der Waals surface area contributed by atoms with Crippen LogP contribution in [0.5, 0.6) is 0 Å². The largest absolute Gasteiger partial charge is 0.480 e. The van der Waals surface area contributed by atoms with Crippen molar-refractivity contribution in [2.24, 2.45) is 5.41 Å². The van der Waals surface area contributed by atoms with Gasteiger partial charge in [0.1, 0.15) is 0 Å². The standard InChI is InChI=1S/C24H29ClF6N4O4/c25-17-2-1-16(18(11-17)34-5-3-22(4-6-34)14-33(15-22)13-19(36)37)12-32-7-9-35(10-8-32)21(38)39-20(23(26,27)28)24(29,30)31/h1-2,11,20H,3-10,12-15H2,(H,36,37). The number of nitrogens with zero attached hydrogens (tertiary/aromatic N) is 4. The van der Waals surface area contributed by atoms with Gasteiger partial charge >= 0.3 is 24.4 Å². The molecule has 4 rings (SSSR count). The summed E-state index contributed by atoms with van der Waals surface area (Å²) in [5.74, 6) is -0.838. The van der Waals surface area contributed by atoms with Gasteiger partial charge in [-0.15, -0.1) is 0 Å². The fourth-order valence-corrected chi connectivity index (χ4v) is 5.70. The number of piperazine rings is 1. The van der Waals surface area contributed by atoms with Crippen LogP contribution in [-0.4, -0.2) is 109 Å². The number of carboxylic acids is 1. The van der Waals surface area contributed by atoms with E-state index in [0.717, 1.165) is 55.2 Å². The van der Waals surface area contributed by atoms with E-state index in [1.54, 1.807) is 6.07 Å². The molecule has 1 N–H and O–H groups in total.